The molecule has 1 N–H and O–H groups in total. The molecule has 3 rings (SSSR count). The van der Waals surface area contributed by atoms with Crippen LogP contribution in [-0.2, 0) is 5.41 Å². The fourth-order valence-electron chi connectivity index (χ4n) is 4.05. The minimum absolute atomic E-state index is 0.0654. The molecule has 0 saturated heterocycles. The van der Waals surface area contributed by atoms with Crippen molar-refractivity contribution in [2.75, 3.05) is 27.9 Å². The summed E-state index contributed by atoms with van der Waals surface area (Å²) in [5.41, 5.74) is 1.57. The minimum atomic E-state index is -0.196. The summed E-state index contributed by atoms with van der Waals surface area (Å²) in [6.45, 7) is 0.560. The van der Waals surface area contributed by atoms with Gasteiger partial charge in [-0.15, -0.1) is 0 Å². The Morgan fingerprint density at radius 1 is 0.964 bits per heavy atom. The number of halogens is 1. The van der Waals surface area contributed by atoms with Crippen LogP contribution in [0.2, 0.25) is 5.02 Å². The third kappa shape index (κ3) is 3.90. The van der Waals surface area contributed by atoms with E-state index in [0.29, 0.717) is 29.4 Å². The molecule has 5 nitrogen and oxygen atoms in total. The number of carbonyl (C=O) groups is 1. The van der Waals surface area contributed by atoms with Crippen LogP contribution in [0.25, 0.3) is 0 Å². The lowest BCUT2D eigenvalue weighted by Gasteiger charge is -2.30. The van der Waals surface area contributed by atoms with E-state index < -0.39 is 0 Å². The Bertz CT molecular complexity index is 829. The Morgan fingerprint density at radius 3 is 2.18 bits per heavy atom. The zero-order valence-corrected chi connectivity index (χ0v) is 17.3. The van der Waals surface area contributed by atoms with Crippen LogP contribution in [0.15, 0.2) is 36.4 Å². The smallest absolute Gasteiger partial charge is 0.255 e. The first-order valence-corrected chi connectivity index (χ1v) is 9.75. The summed E-state index contributed by atoms with van der Waals surface area (Å²) < 4.78 is 16.1. The molecular weight excluding hydrogens is 378 g/mol. The van der Waals surface area contributed by atoms with E-state index in [1.807, 2.05) is 12.1 Å². The van der Waals surface area contributed by atoms with Crippen LogP contribution in [0.4, 0.5) is 0 Å². The normalized spacial score (nSPS) is 15.1. The van der Waals surface area contributed by atoms with Gasteiger partial charge in [-0.2, -0.15) is 0 Å². The van der Waals surface area contributed by atoms with E-state index in [-0.39, 0.29) is 11.3 Å². The summed E-state index contributed by atoms with van der Waals surface area (Å²) in [6, 6.07) is 11.4. The van der Waals surface area contributed by atoms with Crippen LogP contribution in [-0.4, -0.2) is 33.8 Å². The Balaban J connectivity index is 1.83. The summed E-state index contributed by atoms with van der Waals surface area (Å²) >= 11 is 6.05. The van der Waals surface area contributed by atoms with Gasteiger partial charge in [-0.3, -0.25) is 4.79 Å². The number of hydrogen-bond donors (Lipinski definition) is 1. The highest BCUT2D eigenvalue weighted by Gasteiger charge is 2.36. The summed E-state index contributed by atoms with van der Waals surface area (Å²) in [7, 11) is 4.59. The topological polar surface area (TPSA) is 56.8 Å². The van der Waals surface area contributed by atoms with Gasteiger partial charge in [0.15, 0.2) is 11.5 Å². The molecule has 1 saturated carbocycles. The van der Waals surface area contributed by atoms with E-state index in [9.17, 15) is 4.79 Å². The van der Waals surface area contributed by atoms with Gasteiger partial charge < -0.3 is 19.5 Å². The SMILES string of the molecule is COc1ccc(C(=O)NCC2(c3ccc(Cl)cc3)CCCC2)c(OC)c1OC. The molecular formula is C22H26ClNO4. The first-order valence-electron chi connectivity index (χ1n) is 9.38. The highest BCUT2D eigenvalue weighted by atomic mass is 35.5. The molecule has 0 aliphatic heterocycles. The highest BCUT2D eigenvalue weighted by molar-refractivity contribution is 6.30. The van der Waals surface area contributed by atoms with Gasteiger partial charge in [0, 0.05) is 17.0 Å². The molecule has 1 fully saturated rings. The van der Waals surface area contributed by atoms with Gasteiger partial charge in [0.1, 0.15) is 0 Å². The second kappa shape index (κ2) is 8.74. The Kier molecular flexibility index (Phi) is 6.35. The van der Waals surface area contributed by atoms with E-state index in [4.69, 9.17) is 25.8 Å². The van der Waals surface area contributed by atoms with Crippen LogP contribution >= 0.6 is 11.6 Å². The maximum atomic E-state index is 13.0. The Morgan fingerprint density at radius 2 is 1.61 bits per heavy atom. The van der Waals surface area contributed by atoms with Crippen molar-refractivity contribution < 1.29 is 19.0 Å². The molecule has 6 heteroatoms. The van der Waals surface area contributed by atoms with E-state index >= 15 is 0 Å². The van der Waals surface area contributed by atoms with E-state index in [1.165, 1.54) is 19.8 Å². The van der Waals surface area contributed by atoms with Crippen molar-refractivity contribution in [1.82, 2.24) is 5.32 Å². The van der Waals surface area contributed by atoms with Crippen molar-refractivity contribution in [2.24, 2.45) is 0 Å². The van der Waals surface area contributed by atoms with Crippen molar-refractivity contribution in [3.8, 4) is 17.2 Å². The molecule has 2 aromatic rings. The summed E-state index contributed by atoms with van der Waals surface area (Å²) in [5, 5.41) is 3.83. The monoisotopic (exact) mass is 403 g/mol. The molecule has 1 aliphatic rings. The van der Waals surface area contributed by atoms with Gasteiger partial charge in [0.2, 0.25) is 5.75 Å². The number of methoxy groups -OCH3 is 3. The quantitative estimate of drug-likeness (QED) is 0.733. The van der Waals surface area contributed by atoms with Gasteiger partial charge in [-0.05, 0) is 42.7 Å². The number of carbonyl (C=O) groups excluding carboxylic acids is 1. The molecule has 0 atom stereocenters. The van der Waals surface area contributed by atoms with Crippen molar-refractivity contribution in [2.45, 2.75) is 31.1 Å². The number of hydrogen-bond acceptors (Lipinski definition) is 4. The maximum absolute atomic E-state index is 13.0. The van der Waals surface area contributed by atoms with Crippen LogP contribution < -0.4 is 19.5 Å². The molecule has 1 amide bonds. The number of rotatable bonds is 7. The zero-order valence-electron chi connectivity index (χ0n) is 16.5. The van der Waals surface area contributed by atoms with Gasteiger partial charge >= 0.3 is 0 Å². The van der Waals surface area contributed by atoms with Gasteiger partial charge in [0.05, 0.1) is 26.9 Å². The average Bonchev–Trinajstić information content (AvgIpc) is 3.21. The summed E-state index contributed by atoms with van der Waals surface area (Å²) in [5.74, 6) is 1.10. The third-order valence-electron chi connectivity index (χ3n) is 5.55. The number of amides is 1. The molecule has 0 aromatic heterocycles. The Hall–Kier alpha value is -2.40. The molecule has 2 aromatic carbocycles. The Labute approximate surface area is 170 Å². The third-order valence-corrected chi connectivity index (χ3v) is 5.81. The van der Waals surface area contributed by atoms with Crippen LogP contribution in [0, 0.1) is 0 Å². The highest BCUT2D eigenvalue weighted by Crippen LogP contribution is 2.42. The van der Waals surface area contributed by atoms with Crippen molar-refractivity contribution in [1.29, 1.82) is 0 Å². The zero-order chi connectivity index (χ0) is 20.1. The lowest BCUT2D eigenvalue weighted by atomic mass is 9.79. The second-order valence-electron chi connectivity index (χ2n) is 7.06. The fraction of sp³-hybridized carbons (Fsp3) is 0.409. The van der Waals surface area contributed by atoms with Crippen molar-refractivity contribution >= 4 is 17.5 Å². The van der Waals surface area contributed by atoms with Crippen molar-refractivity contribution in [3.63, 3.8) is 0 Å². The largest absolute Gasteiger partial charge is 0.493 e. The first kappa shape index (κ1) is 20.3. The van der Waals surface area contributed by atoms with Gasteiger partial charge in [0.25, 0.3) is 5.91 Å². The van der Waals surface area contributed by atoms with Crippen LogP contribution in [0.5, 0.6) is 17.2 Å². The minimum Gasteiger partial charge on any atom is -0.493 e. The predicted octanol–water partition coefficient (Wildman–Crippen LogP) is 4.61. The molecule has 0 heterocycles. The van der Waals surface area contributed by atoms with Gasteiger partial charge in [-0.25, -0.2) is 0 Å². The first-order chi connectivity index (χ1) is 13.5. The molecule has 0 spiro atoms. The van der Waals surface area contributed by atoms with E-state index in [0.717, 1.165) is 30.7 Å². The number of nitrogens with one attached hydrogen (secondary N) is 1. The molecule has 150 valence electrons. The molecule has 0 bridgehead atoms. The molecule has 1 aliphatic carbocycles. The standard InChI is InChI=1S/C22H26ClNO4/c1-26-18-11-10-17(19(27-2)20(18)28-3)21(25)24-14-22(12-4-5-13-22)15-6-8-16(23)9-7-15/h6-11H,4-5,12-14H2,1-3H3,(H,24,25). The van der Waals surface area contributed by atoms with E-state index in [1.54, 1.807) is 19.2 Å². The van der Waals surface area contributed by atoms with Crippen LogP contribution in [0.3, 0.4) is 0 Å². The lowest BCUT2D eigenvalue weighted by molar-refractivity contribution is 0.0939. The predicted molar refractivity (Wildman–Crippen MR) is 110 cm³/mol. The average molecular weight is 404 g/mol. The maximum Gasteiger partial charge on any atom is 0.255 e. The van der Waals surface area contributed by atoms with Gasteiger partial charge in [-0.1, -0.05) is 36.6 Å². The summed E-state index contributed by atoms with van der Waals surface area (Å²) in [4.78, 5) is 13.0. The second-order valence-corrected chi connectivity index (χ2v) is 7.50. The van der Waals surface area contributed by atoms with Crippen LogP contribution in [0.1, 0.15) is 41.6 Å². The lowest BCUT2D eigenvalue weighted by Crippen LogP contribution is -2.39. The fourth-order valence-corrected chi connectivity index (χ4v) is 4.17. The number of benzene rings is 2. The van der Waals surface area contributed by atoms with E-state index in [2.05, 4.69) is 17.4 Å². The molecule has 28 heavy (non-hydrogen) atoms. The molecule has 0 unspecified atom stereocenters. The summed E-state index contributed by atoms with van der Waals surface area (Å²) in [6.07, 6.45) is 4.38. The number of ether oxygens (including phenoxy) is 3. The molecule has 0 radical (unpaired) electrons. The van der Waals surface area contributed by atoms with Crippen molar-refractivity contribution in [3.05, 3.63) is 52.5 Å².